The van der Waals surface area contributed by atoms with E-state index in [0.29, 0.717) is 23.7 Å². The van der Waals surface area contributed by atoms with Gasteiger partial charge in [-0.3, -0.25) is 14.4 Å². The molecule has 0 bridgehead atoms. The number of carbonyl (C=O) groups is 3. The zero-order valence-corrected chi connectivity index (χ0v) is 22.1. The Kier molecular flexibility index (Phi) is 5.41. The van der Waals surface area contributed by atoms with Crippen LogP contribution in [-0.2, 0) is 26.5 Å². The molecule has 0 aliphatic carbocycles. The molecular formula is C32H27ClN3O3+. The van der Waals surface area contributed by atoms with E-state index in [9.17, 15) is 14.4 Å². The van der Waals surface area contributed by atoms with Gasteiger partial charge in [-0.05, 0) is 47.0 Å². The van der Waals surface area contributed by atoms with Gasteiger partial charge in [0, 0.05) is 10.6 Å². The number of benzene rings is 4. The maximum absolute atomic E-state index is 14.7. The highest BCUT2D eigenvalue weighted by molar-refractivity contribution is 6.31. The third-order valence-corrected chi connectivity index (χ3v) is 9.00. The van der Waals surface area contributed by atoms with Gasteiger partial charge in [-0.2, -0.15) is 0 Å². The Hall–Kier alpha value is -4.00. The van der Waals surface area contributed by atoms with E-state index in [1.165, 1.54) is 4.90 Å². The molecular weight excluding hydrogens is 510 g/mol. The minimum atomic E-state index is -1.20. The average Bonchev–Trinajstić information content (AvgIpc) is 3.52. The summed E-state index contributed by atoms with van der Waals surface area (Å²) in [6.45, 7) is 2.39. The quantitative estimate of drug-likeness (QED) is 0.393. The van der Waals surface area contributed by atoms with E-state index >= 15 is 0 Å². The number of anilines is 2. The van der Waals surface area contributed by atoms with Crippen LogP contribution in [0.5, 0.6) is 0 Å². The first-order valence-electron chi connectivity index (χ1n) is 13.3. The Balaban J connectivity index is 1.36. The zero-order valence-electron chi connectivity index (χ0n) is 21.4. The van der Waals surface area contributed by atoms with Gasteiger partial charge in [0.1, 0.15) is 11.8 Å². The molecule has 2 saturated heterocycles. The zero-order chi connectivity index (χ0) is 26.9. The van der Waals surface area contributed by atoms with Crippen molar-refractivity contribution in [3.63, 3.8) is 0 Å². The van der Waals surface area contributed by atoms with Gasteiger partial charge in [0.05, 0.1) is 24.0 Å². The van der Waals surface area contributed by atoms with Crippen molar-refractivity contribution in [3.05, 3.63) is 107 Å². The van der Waals surface area contributed by atoms with Crippen LogP contribution >= 0.6 is 11.6 Å². The monoisotopic (exact) mass is 536 g/mol. The lowest BCUT2D eigenvalue weighted by atomic mass is 9.76. The van der Waals surface area contributed by atoms with Gasteiger partial charge in [-0.1, -0.05) is 85.3 Å². The van der Waals surface area contributed by atoms with Crippen LogP contribution in [0.3, 0.4) is 0 Å². The van der Waals surface area contributed by atoms with Crippen LogP contribution < -0.4 is 15.1 Å². The number of hydrogen-bond acceptors (Lipinski definition) is 3. The molecule has 4 atom stereocenters. The topological polar surface area (TPSA) is 74.3 Å². The molecule has 7 rings (SSSR count). The fourth-order valence-corrected chi connectivity index (χ4v) is 7.30. The molecule has 0 unspecified atom stereocenters. The number of nitrogens with two attached hydrogens (primary N) is 1. The maximum atomic E-state index is 14.7. The van der Waals surface area contributed by atoms with Gasteiger partial charge in [-0.25, -0.2) is 4.90 Å². The van der Waals surface area contributed by atoms with E-state index in [2.05, 4.69) is 18.2 Å². The summed E-state index contributed by atoms with van der Waals surface area (Å²) in [4.78, 5) is 45.8. The van der Waals surface area contributed by atoms with Crippen molar-refractivity contribution in [1.82, 2.24) is 0 Å². The number of fused-ring (bicyclic) bond motifs is 5. The van der Waals surface area contributed by atoms with E-state index in [-0.39, 0.29) is 23.8 Å². The standard InChI is InChI=1S/C32H26ClN3O3/c1-2-25-27-28(30(38)36(29(27)37)22-13-8-12-21(33)17-22)32(34-25)24-15-5-6-16-26(24)35(31(32)39)18-20-11-7-10-19-9-3-4-14-23(19)20/h3-17,25,27-28,34H,2,18H2,1H3/p+1/t25-,27+,28-,32-/m0/s1. The van der Waals surface area contributed by atoms with Crippen LogP contribution in [0.25, 0.3) is 10.8 Å². The number of halogens is 1. The summed E-state index contributed by atoms with van der Waals surface area (Å²) < 4.78 is 0. The smallest absolute Gasteiger partial charge is 0.294 e. The van der Waals surface area contributed by atoms with Crippen molar-refractivity contribution in [2.75, 3.05) is 9.80 Å². The Bertz CT molecular complexity index is 1680. The summed E-state index contributed by atoms with van der Waals surface area (Å²) in [6, 6.07) is 28.6. The number of amides is 3. The van der Waals surface area contributed by atoms with E-state index in [4.69, 9.17) is 11.6 Å². The minimum absolute atomic E-state index is 0.142. The molecule has 4 aromatic carbocycles. The Morgan fingerprint density at radius 3 is 2.44 bits per heavy atom. The van der Waals surface area contributed by atoms with Crippen molar-refractivity contribution in [2.45, 2.75) is 31.5 Å². The van der Waals surface area contributed by atoms with Crippen molar-refractivity contribution in [3.8, 4) is 0 Å². The number of para-hydroxylation sites is 1. The molecule has 1 spiro atoms. The second kappa shape index (κ2) is 8.76. The third-order valence-electron chi connectivity index (χ3n) is 8.77. The molecule has 3 aliphatic heterocycles. The molecule has 0 saturated carbocycles. The predicted octanol–water partition coefficient (Wildman–Crippen LogP) is 4.40. The Morgan fingerprint density at radius 2 is 1.62 bits per heavy atom. The third kappa shape index (κ3) is 3.28. The molecule has 194 valence electrons. The summed E-state index contributed by atoms with van der Waals surface area (Å²) >= 11 is 6.23. The van der Waals surface area contributed by atoms with Gasteiger partial charge < -0.3 is 10.2 Å². The lowest BCUT2D eigenvalue weighted by molar-refractivity contribution is -0.733. The van der Waals surface area contributed by atoms with Crippen molar-refractivity contribution < 1.29 is 19.7 Å². The van der Waals surface area contributed by atoms with E-state index < -0.39 is 17.4 Å². The summed E-state index contributed by atoms with van der Waals surface area (Å²) in [5, 5.41) is 4.65. The number of imide groups is 1. The van der Waals surface area contributed by atoms with Crippen molar-refractivity contribution in [2.24, 2.45) is 11.8 Å². The van der Waals surface area contributed by atoms with E-state index in [1.807, 2.05) is 65.7 Å². The summed E-state index contributed by atoms with van der Waals surface area (Å²) in [5.74, 6) is -2.15. The normalized spacial score (nSPS) is 25.7. The SMILES string of the molecule is CC[C@@H]1[NH2+][C@]2(C(=O)N(Cc3cccc4ccccc34)c3ccccc32)[C@@H]2C(=O)N(c3cccc(Cl)c3)C(=O)[C@H]12. The molecule has 0 radical (unpaired) electrons. The highest BCUT2D eigenvalue weighted by atomic mass is 35.5. The van der Waals surface area contributed by atoms with Crippen molar-refractivity contribution in [1.29, 1.82) is 0 Å². The number of nitrogens with zero attached hydrogens (tertiary/aromatic N) is 2. The van der Waals surface area contributed by atoms with Crippen LogP contribution in [0, 0.1) is 11.8 Å². The van der Waals surface area contributed by atoms with Crippen LogP contribution in [0.15, 0.2) is 91.0 Å². The van der Waals surface area contributed by atoms with Gasteiger partial charge in [0.15, 0.2) is 0 Å². The molecule has 0 aromatic heterocycles. The highest BCUT2D eigenvalue weighted by Crippen LogP contribution is 2.52. The summed E-state index contributed by atoms with van der Waals surface area (Å²) in [6.07, 6.45) is 0.657. The largest absolute Gasteiger partial charge is 0.326 e. The molecule has 39 heavy (non-hydrogen) atoms. The lowest BCUT2D eigenvalue weighted by Gasteiger charge is -2.27. The molecule has 2 N–H and O–H groups in total. The molecule has 4 aromatic rings. The first kappa shape index (κ1) is 24.1. The number of hydrogen-bond donors (Lipinski definition) is 1. The van der Waals surface area contributed by atoms with Crippen LogP contribution in [-0.4, -0.2) is 23.8 Å². The fourth-order valence-electron chi connectivity index (χ4n) is 7.11. The average molecular weight is 537 g/mol. The Labute approximate surface area is 231 Å². The molecule has 6 nitrogen and oxygen atoms in total. The minimum Gasteiger partial charge on any atom is -0.326 e. The second-order valence-corrected chi connectivity index (χ2v) is 11.1. The highest BCUT2D eigenvalue weighted by Gasteiger charge is 2.75. The maximum Gasteiger partial charge on any atom is 0.294 e. The number of carbonyl (C=O) groups excluding carboxylic acids is 3. The molecule has 7 heteroatoms. The van der Waals surface area contributed by atoms with Crippen LogP contribution in [0.2, 0.25) is 5.02 Å². The molecule has 3 heterocycles. The molecule has 3 amide bonds. The van der Waals surface area contributed by atoms with Crippen LogP contribution in [0.1, 0.15) is 24.5 Å². The van der Waals surface area contributed by atoms with Gasteiger partial charge in [0.25, 0.3) is 5.91 Å². The van der Waals surface area contributed by atoms with E-state index in [0.717, 1.165) is 27.6 Å². The fraction of sp³-hybridized carbons (Fsp3) is 0.219. The first-order chi connectivity index (χ1) is 19.0. The van der Waals surface area contributed by atoms with E-state index in [1.54, 1.807) is 24.3 Å². The molecule has 3 aliphatic rings. The van der Waals surface area contributed by atoms with Gasteiger partial charge in [0.2, 0.25) is 17.4 Å². The van der Waals surface area contributed by atoms with Gasteiger partial charge >= 0.3 is 0 Å². The van der Waals surface area contributed by atoms with Crippen molar-refractivity contribution >= 4 is 51.5 Å². The van der Waals surface area contributed by atoms with Gasteiger partial charge in [-0.15, -0.1) is 0 Å². The Morgan fingerprint density at radius 1 is 0.872 bits per heavy atom. The summed E-state index contributed by atoms with van der Waals surface area (Å²) in [7, 11) is 0. The van der Waals surface area contributed by atoms with Crippen LogP contribution in [0.4, 0.5) is 11.4 Å². The first-order valence-corrected chi connectivity index (χ1v) is 13.7. The second-order valence-electron chi connectivity index (χ2n) is 10.6. The summed E-state index contributed by atoms with van der Waals surface area (Å²) in [5.41, 5.74) is 1.87. The number of rotatable bonds is 4. The predicted molar refractivity (Wildman–Crippen MR) is 150 cm³/mol. The lowest BCUT2D eigenvalue weighted by Crippen LogP contribution is -2.99. The number of quaternary nitrogens is 1. The molecule has 2 fully saturated rings.